The van der Waals surface area contributed by atoms with Crippen molar-refractivity contribution in [3.8, 4) is 28.6 Å². The molecule has 1 atom stereocenters. The van der Waals surface area contributed by atoms with Crippen LogP contribution in [0.3, 0.4) is 0 Å². The summed E-state index contributed by atoms with van der Waals surface area (Å²) >= 11 is 0. The molecule has 0 saturated heterocycles. The van der Waals surface area contributed by atoms with Crippen LogP contribution in [-0.4, -0.2) is 35.3 Å². The Morgan fingerprint density at radius 2 is 1.93 bits per heavy atom. The highest BCUT2D eigenvalue weighted by Crippen LogP contribution is 2.37. The summed E-state index contributed by atoms with van der Waals surface area (Å²) in [6.45, 7) is 0.660. The molecular formula is C22H19N3O4. The third-order valence-electron chi connectivity index (χ3n) is 4.96. The highest BCUT2D eigenvalue weighted by atomic mass is 16.7. The fraction of sp³-hybridized carbons (Fsp3) is 0.227. The Balaban J connectivity index is 1.20. The van der Waals surface area contributed by atoms with Gasteiger partial charge in [-0.05, 0) is 35.4 Å². The van der Waals surface area contributed by atoms with E-state index in [1.165, 1.54) is 0 Å². The van der Waals surface area contributed by atoms with Crippen molar-refractivity contribution in [2.24, 2.45) is 0 Å². The molecule has 5 rings (SSSR count). The van der Waals surface area contributed by atoms with Gasteiger partial charge in [0, 0.05) is 18.8 Å². The Hall–Kier alpha value is -3.61. The Bertz CT molecular complexity index is 1060. The number of nitrogens with zero attached hydrogens (tertiary/aromatic N) is 2. The number of benzene rings is 2. The highest BCUT2D eigenvalue weighted by Gasteiger charge is 2.26. The molecule has 0 unspecified atom stereocenters. The van der Waals surface area contributed by atoms with Crippen LogP contribution in [0.5, 0.6) is 17.2 Å². The second kappa shape index (κ2) is 7.43. The standard InChI is InChI=1S/C22H19N3O4/c26-20(10-14-5-6-18-19(9-14)28-13-27-18)25-12-16-11-15-3-1-4-17(21(15)29-16)22-23-7-2-8-24-22/h1-9,16H,10-13H2,(H,25,26)/t16-/m1/s1. The quantitative estimate of drug-likeness (QED) is 0.722. The number of fused-ring (bicyclic) bond motifs is 2. The predicted octanol–water partition coefficient (Wildman–Crippen LogP) is 2.53. The first-order chi connectivity index (χ1) is 14.3. The number of hydrogen-bond donors (Lipinski definition) is 1. The van der Waals surface area contributed by atoms with Gasteiger partial charge in [0.1, 0.15) is 11.9 Å². The van der Waals surface area contributed by atoms with E-state index < -0.39 is 0 Å². The van der Waals surface area contributed by atoms with Gasteiger partial charge in [0.05, 0.1) is 18.5 Å². The molecule has 2 aromatic carbocycles. The van der Waals surface area contributed by atoms with Crippen LogP contribution in [0, 0.1) is 0 Å². The number of carbonyl (C=O) groups excluding carboxylic acids is 1. The molecule has 2 aliphatic heterocycles. The van der Waals surface area contributed by atoms with Crippen molar-refractivity contribution in [3.63, 3.8) is 0 Å². The number of rotatable bonds is 5. The van der Waals surface area contributed by atoms with Crippen molar-refractivity contribution in [1.29, 1.82) is 0 Å². The second-order valence-corrected chi connectivity index (χ2v) is 6.98. The van der Waals surface area contributed by atoms with Gasteiger partial charge in [-0.15, -0.1) is 0 Å². The number of para-hydroxylation sites is 1. The minimum absolute atomic E-state index is 0.0602. The summed E-state index contributed by atoms with van der Waals surface area (Å²) in [4.78, 5) is 21.0. The number of amides is 1. The molecule has 1 N–H and O–H groups in total. The molecular weight excluding hydrogens is 370 g/mol. The van der Waals surface area contributed by atoms with Crippen molar-refractivity contribution in [1.82, 2.24) is 15.3 Å². The third-order valence-corrected chi connectivity index (χ3v) is 4.96. The maximum Gasteiger partial charge on any atom is 0.231 e. The van der Waals surface area contributed by atoms with Gasteiger partial charge in [0.2, 0.25) is 12.7 Å². The Morgan fingerprint density at radius 1 is 1.07 bits per heavy atom. The predicted molar refractivity (Wildman–Crippen MR) is 105 cm³/mol. The van der Waals surface area contributed by atoms with Crippen molar-refractivity contribution < 1.29 is 19.0 Å². The van der Waals surface area contributed by atoms with E-state index in [0.717, 1.165) is 28.9 Å². The zero-order valence-corrected chi connectivity index (χ0v) is 15.6. The molecule has 0 radical (unpaired) electrons. The van der Waals surface area contributed by atoms with Gasteiger partial charge in [-0.3, -0.25) is 4.79 Å². The van der Waals surface area contributed by atoms with E-state index in [4.69, 9.17) is 14.2 Å². The van der Waals surface area contributed by atoms with E-state index in [1.807, 2.05) is 36.4 Å². The summed E-state index contributed by atoms with van der Waals surface area (Å²) in [6, 6.07) is 13.3. The molecule has 3 aromatic rings. The van der Waals surface area contributed by atoms with Crippen molar-refractivity contribution >= 4 is 5.91 Å². The minimum atomic E-state index is -0.115. The molecule has 1 amide bonds. The van der Waals surface area contributed by atoms with E-state index in [9.17, 15) is 4.79 Å². The van der Waals surface area contributed by atoms with E-state index in [0.29, 0.717) is 23.9 Å². The molecule has 2 aliphatic rings. The Kier molecular flexibility index (Phi) is 4.48. The summed E-state index contributed by atoms with van der Waals surface area (Å²) in [6.07, 6.45) is 4.32. The zero-order chi connectivity index (χ0) is 19.6. The average molecular weight is 389 g/mol. The molecule has 0 fully saturated rings. The fourth-order valence-corrected chi connectivity index (χ4v) is 3.59. The monoisotopic (exact) mass is 389 g/mol. The van der Waals surface area contributed by atoms with Crippen LogP contribution in [0.25, 0.3) is 11.4 Å². The summed E-state index contributed by atoms with van der Waals surface area (Å²) in [5.41, 5.74) is 2.85. The maximum atomic E-state index is 12.4. The summed E-state index contributed by atoms with van der Waals surface area (Å²) < 4.78 is 16.8. The van der Waals surface area contributed by atoms with Gasteiger partial charge in [-0.2, -0.15) is 0 Å². The van der Waals surface area contributed by atoms with E-state index in [1.54, 1.807) is 18.5 Å². The number of ether oxygens (including phenoxy) is 3. The lowest BCUT2D eigenvalue weighted by Crippen LogP contribution is -2.35. The van der Waals surface area contributed by atoms with Crippen LogP contribution < -0.4 is 19.5 Å². The number of aromatic nitrogens is 2. The molecule has 7 heteroatoms. The van der Waals surface area contributed by atoms with Crippen LogP contribution in [0.15, 0.2) is 54.9 Å². The van der Waals surface area contributed by atoms with Gasteiger partial charge in [-0.25, -0.2) is 9.97 Å². The molecule has 0 spiro atoms. The topological polar surface area (TPSA) is 82.6 Å². The number of nitrogens with one attached hydrogen (secondary N) is 1. The van der Waals surface area contributed by atoms with E-state index in [2.05, 4.69) is 15.3 Å². The Morgan fingerprint density at radius 3 is 2.83 bits per heavy atom. The van der Waals surface area contributed by atoms with Gasteiger partial charge < -0.3 is 19.5 Å². The van der Waals surface area contributed by atoms with Crippen molar-refractivity contribution in [3.05, 3.63) is 66.0 Å². The summed E-state index contributed by atoms with van der Waals surface area (Å²) in [7, 11) is 0. The normalized spacial score (nSPS) is 16.2. The Labute approximate surface area is 167 Å². The lowest BCUT2D eigenvalue weighted by molar-refractivity contribution is -0.120. The minimum Gasteiger partial charge on any atom is -0.487 e. The second-order valence-electron chi connectivity index (χ2n) is 6.98. The molecule has 0 saturated carbocycles. The van der Waals surface area contributed by atoms with Gasteiger partial charge in [-0.1, -0.05) is 18.2 Å². The summed E-state index contributed by atoms with van der Waals surface area (Å²) in [5.74, 6) is 2.77. The molecule has 146 valence electrons. The maximum absolute atomic E-state index is 12.4. The largest absolute Gasteiger partial charge is 0.487 e. The lowest BCUT2D eigenvalue weighted by atomic mass is 10.1. The smallest absolute Gasteiger partial charge is 0.231 e. The SMILES string of the molecule is O=C(Cc1ccc2c(c1)OCO2)NC[C@H]1Cc2cccc(-c3ncccn3)c2O1. The van der Waals surface area contributed by atoms with Gasteiger partial charge in [0.15, 0.2) is 17.3 Å². The average Bonchev–Trinajstić information content (AvgIpc) is 3.38. The van der Waals surface area contributed by atoms with Gasteiger partial charge >= 0.3 is 0 Å². The van der Waals surface area contributed by atoms with Gasteiger partial charge in [0.25, 0.3) is 0 Å². The molecule has 29 heavy (non-hydrogen) atoms. The molecule has 0 bridgehead atoms. The van der Waals surface area contributed by atoms with Crippen LogP contribution in [0.2, 0.25) is 0 Å². The van der Waals surface area contributed by atoms with Crippen LogP contribution in [0.4, 0.5) is 0 Å². The molecule has 7 nitrogen and oxygen atoms in total. The fourth-order valence-electron chi connectivity index (χ4n) is 3.59. The number of hydrogen-bond acceptors (Lipinski definition) is 6. The first-order valence-corrected chi connectivity index (χ1v) is 9.47. The first kappa shape index (κ1) is 17.5. The van der Waals surface area contributed by atoms with E-state index in [-0.39, 0.29) is 25.2 Å². The highest BCUT2D eigenvalue weighted by molar-refractivity contribution is 5.79. The van der Waals surface area contributed by atoms with Crippen LogP contribution in [-0.2, 0) is 17.6 Å². The molecule has 0 aliphatic carbocycles. The van der Waals surface area contributed by atoms with Crippen LogP contribution >= 0.6 is 0 Å². The molecule has 3 heterocycles. The number of carbonyl (C=O) groups is 1. The first-order valence-electron chi connectivity index (χ1n) is 9.47. The zero-order valence-electron chi connectivity index (χ0n) is 15.6. The molecule has 1 aromatic heterocycles. The van der Waals surface area contributed by atoms with Crippen molar-refractivity contribution in [2.45, 2.75) is 18.9 Å². The third kappa shape index (κ3) is 3.59. The van der Waals surface area contributed by atoms with Crippen LogP contribution in [0.1, 0.15) is 11.1 Å². The van der Waals surface area contributed by atoms with Crippen molar-refractivity contribution in [2.75, 3.05) is 13.3 Å². The lowest BCUT2D eigenvalue weighted by Gasteiger charge is -2.13. The summed E-state index contributed by atoms with van der Waals surface area (Å²) in [5, 5.41) is 2.97. The van der Waals surface area contributed by atoms with E-state index >= 15 is 0 Å².